The van der Waals surface area contributed by atoms with Gasteiger partial charge in [-0.3, -0.25) is 0 Å². The smallest absolute Gasteiger partial charge is 0.0648 e. The number of aliphatic hydroxyl groups excluding tert-OH is 1. The Morgan fingerprint density at radius 1 is 0.853 bits per heavy atom. The number of allylic oxidation sites excluding steroid dienone is 1. The molecule has 0 spiro atoms. The van der Waals surface area contributed by atoms with Crippen LogP contribution < -0.4 is 0 Å². The summed E-state index contributed by atoms with van der Waals surface area (Å²) in [6.07, 6.45) is 20.5. The Balaban J connectivity index is 0.00000133. The van der Waals surface area contributed by atoms with Crippen LogP contribution in [-0.2, 0) is 0 Å². The van der Waals surface area contributed by atoms with Gasteiger partial charge in [-0.15, -0.1) is 0 Å². The minimum atomic E-state index is -0.378. The van der Waals surface area contributed by atoms with Gasteiger partial charge >= 0.3 is 0 Å². The standard InChI is InChI=1S/C30H50O2.C2H6/c1-27(2)16-18-30(32,19-17-27)13-5-6-21-8-10-25-24-9-7-22-20-23(31)11-14-29(22,4)26(24)12-15-28(21,25)3;1-2/h7,21,23-26,31-32H,5-6,8-20H2,1-4H3;1-2H3/t21-,23?,24?,25?,26?,28?,29?;/m0./s1. The Morgan fingerprint density at radius 3 is 2.26 bits per heavy atom. The van der Waals surface area contributed by atoms with Crippen LogP contribution in [0.3, 0.4) is 0 Å². The predicted molar refractivity (Wildman–Crippen MR) is 144 cm³/mol. The number of aliphatic hydroxyl groups is 2. The predicted octanol–water partition coefficient (Wildman–Crippen LogP) is 8.45. The van der Waals surface area contributed by atoms with Crippen molar-refractivity contribution < 1.29 is 10.2 Å². The SMILES string of the molecule is CC.CC1(C)CCC(O)(CCC[C@H]2CCC3C4CC=C5CC(O)CCC5(C)C4CCC32C)CC1. The van der Waals surface area contributed by atoms with Crippen molar-refractivity contribution in [2.75, 3.05) is 0 Å². The molecule has 0 aromatic rings. The monoisotopic (exact) mass is 472 g/mol. The Kier molecular flexibility index (Phi) is 7.74. The third kappa shape index (κ3) is 4.81. The number of hydrogen-bond acceptors (Lipinski definition) is 2. The van der Waals surface area contributed by atoms with Gasteiger partial charge in [0.25, 0.3) is 0 Å². The molecule has 0 heterocycles. The van der Waals surface area contributed by atoms with Gasteiger partial charge in [0, 0.05) is 0 Å². The summed E-state index contributed by atoms with van der Waals surface area (Å²) < 4.78 is 0. The lowest BCUT2D eigenvalue weighted by atomic mass is 9.47. The molecule has 4 saturated carbocycles. The summed E-state index contributed by atoms with van der Waals surface area (Å²) >= 11 is 0. The van der Waals surface area contributed by atoms with Gasteiger partial charge in [-0.1, -0.05) is 59.6 Å². The fourth-order valence-electron chi connectivity index (χ4n) is 9.54. The van der Waals surface area contributed by atoms with E-state index in [1.165, 1.54) is 64.2 Å². The first-order valence-electron chi connectivity index (χ1n) is 15.1. The van der Waals surface area contributed by atoms with Crippen molar-refractivity contribution in [2.45, 2.75) is 150 Å². The maximum Gasteiger partial charge on any atom is 0.0648 e. The molecule has 0 aliphatic heterocycles. The van der Waals surface area contributed by atoms with Crippen LogP contribution in [0.5, 0.6) is 0 Å². The summed E-state index contributed by atoms with van der Waals surface area (Å²) in [6, 6.07) is 0. The normalized spacial score (nSPS) is 44.6. The Morgan fingerprint density at radius 2 is 1.56 bits per heavy atom. The summed E-state index contributed by atoms with van der Waals surface area (Å²) in [6.45, 7) is 13.9. The molecule has 0 aromatic carbocycles. The molecule has 0 saturated heterocycles. The van der Waals surface area contributed by atoms with Crippen LogP contribution in [0.15, 0.2) is 11.6 Å². The van der Waals surface area contributed by atoms with Crippen LogP contribution in [0.25, 0.3) is 0 Å². The molecule has 196 valence electrons. The molecular formula is C32H56O2. The van der Waals surface area contributed by atoms with E-state index in [1.807, 2.05) is 13.8 Å². The highest BCUT2D eigenvalue weighted by Crippen LogP contribution is 2.66. The third-order valence-corrected chi connectivity index (χ3v) is 12.0. The van der Waals surface area contributed by atoms with Gasteiger partial charge in [0.1, 0.15) is 0 Å². The summed E-state index contributed by atoms with van der Waals surface area (Å²) in [5, 5.41) is 21.4. The van der Waals surface area contributed by atoms with Crippen LogP contribution in [0.4, 0.5) is 0 Å². The lowest BCUT2D eigenvalue weighted by Gasteiger charge is -2.58. The van der Waals surface area contributed by atoms with Crippen molar-refractivity contribution in [2.24, 2.45) is 39.9 Å². The van der Waals surface area contributed by atoms with Gasteiger partial charge in [-0.2, -0.15) is 0 Å². The summed E-state index contributed by atoms with van der Waals surface area (Å²) in [5.74, 6) is 3.47. The number of rotatable bonds is 4. The molecule has 2 N–H and O–H groups in total. The molecular weight excluding hydrogens is 416 g/mol. The molecule has 2 heteroatoms. The molecule has 6 unspecified atom stereocenters. The van der Waals surface area contributed by atoms with Gasteiger partial charge in [-0.25, -0.2) is 0 Å². The fraction of sp³-hybridized carbons (Fsp3) is 0.938. The minimum Gasteiger partial charge on any atom is -0.393 e. The second-order valence-corrected chi connectivity index (χ2v) is 14.3. The molecule has 4 fully saturated rings. The van der Waals surface area contributed by atoms with E-state index in [2.05, 4.69) is 33.8 Å². The van der Waals surface area contributed by atoms with E-state index >= 15 is 0 Å². The second-order valence-electron chi connectivity index (χ2n) is 14.3. The Bertz CT molecular complexity index is 727. The van der Waals surface area contributed by atoms with E-state index in [-0.39, 0.29) is 11.7 Å². The van der Waals surface area contributed by atoms with E-state index in [0.29, 0.717) is 16.2 Å². The summed E-state index contributed by atoms with van der Waals surface area (Å²) in [4.78, 5) is 0. The summed E-state index contributed by atoms with van der Waals surface area (Å²) in [7, 11) is 0. The van der Waals surface area contributed by atoms with Crippen LogP contribution in [0.2, 0.25) is 0 Å². The highest BCUT2D eigenvalue weighted by Gasteiger charge is 2.58. The highest BCUT2D eigenvalue weighted by atomic mass is 16.3. The zero-order chi connectivity index (χ0) is 24.8. The molecule has 34 heavy (non-hydrogen) atoms. The van der Waals surface area contributed by atoms with Crippen LogP contribution in [0.1, 0.15) is 138 Å². The largest absolute Gasteiger partial charge is 0.393 e. The van der Waals surface area contributed by atoms with Crippen molar-refractivity contribution in [1.29, 1.82) is 0 Å². The minimum absolute atomic E-state index is 0.0966. The highest BCUT2D eigenvalue weighted by molar-refractivity contribution is 5.25. The topological polar surface area (TPSA) is 40.5 Å². The van der Waals surface area contributed by atoms with Gasteiger partial charge < -0.3 is 10.2 Å². The fourth-order valence-corrected chi connectivity index (χ4v) is 9.54. The van der Waals surface area contributed by atoms with Gasteiger partial charge in [-0.05, 0) is 130 Å². The lowest BCUT2D eigenvalue weighted by Crippen LogP contribution is -2.50. The van der Waals surface area contributed by atoms with Gasteiger partial charge in [0.2, 0.25) is 0 Å². The molecule has 7 atom stereocenters. The van der Waals surface area contributed by atoms with E-state index in [0.717, 1.165) is 55.8 Å². The van der Waals surface area contributed by atoms with Gasteiger partial charge in [0.15, 0.2) is 0 Å². The molecule has 0 aromatic heterocycles. The number of fused-ring (bicyclic) bond motifs is 5. The van der Waals surface area contributed by atoms with Crippen molar-refractivity contribution >= 4 is 0 Å². The van der Waals surface area contributed by atoms with Crippen molar-refractivity contribution in [3.8, 4) is 0 Å². The van der Waals surface area contributed by atoms with Crippen molar-refractivity contribution in [3.05, 3.63) is 11.6 Å². The first-order chi connectivity index (χ1) is 16.0. The molecule has 2 nitrogen and oxygen atoms in total. The molecule has 5 aliphatic rings. The quantitative estimate of drug-likeness (QED) is 0.403. The van der Waals surface area contributed by atoms with Gasteiger partial charge in [0.05, 0.1) is 11.7 Å². The first-order valence-corrected chi connectivity index (χ1v) is 15.1. The van der Waals surface area contributed by atoms with E-state index in [9.17, 15) is 10.2 Å². The van der Waals surface area contributed by atoms with E-state index in [1.54, 1.807) is 5.57 Å². The van der Waals surface area contributed by atoms with Crippen LogP contribution >= 0.6 is 0 Å². The second kappa shape index (κ2) is 9.85. The number of hydrogen-bond donors (Lipinski definition) is 2. The maximum absolute atomic E-state index is 11.2. The third-order valence-electron chi connectivity index (χ3n) is 12.0. The lowest BCUT2D eigenvalue weighted by molar-refractivity contribution is -0.0545. The van der Waals surface area contributed by atoms with E-state index < -0.39 is 0 Å². The van der Waals surface area contributed by atoms with Crippen LogP contribution in [-0.4, -0.2) is 21.9 Å². The zero-order valence-electron chi connectivity index (χ0n) is 23.5. The molecule has 0 radical (unpaired) electrons. The average molecular weight is 473 g/mol. The van der Waals surface area contributed by atoms with Crippen molar-refractivity contribution in [3.63, 3.8) is 0 Å². The molecule has 5 rings (SSSR count). The Hall–Kier alpha value is -0.340. The first kappa shape index (κ1) is 26.7. The zero-order valence-corrected chi connectivity index (χ0v) is 23.5. The van der Waals surface area contributed by atoms with Crippen molar-refractivity contribution in [1.82, 2.24) is 0 Å². The molecule has 0 bridgehead atoms. The molecule has 0 amide bonds. The Labute approximate surface area is 211 Å². The average Bonchev–Trinajstić information content (AvgIpc) is 3.14. The van der Waals surface area contributed by atoms with Crippen LogP contribution in [0, 0.1) is 39.9 Å². The molecule has 5 aliphatic carbocycles. The van der Waals surface area contributed by atoms with E-state index in [4.69, 9.17) is 0 Å². The maximum atomic E-state index is 11.2. The summed E-state index contributed by atoms with van der Waals surface area (Å²) in [5.41, 5.74) is 2.53.